The van der Waals surface area contributed by atoms with E-state index in [0.29, 0.717) is 51.5 Å². The number of carboxylic acids is 1. The Bertz CT molecular complexity index is 2900. The minimum absolute atomic E-state index is 0.0548. The molecule has 0 aromatic carbocycles. The standard InChI is InChI=1S/C64H112N19O16/c1-35(47(84)71-37(3)49(86)73-39(5)51(88)75-41(20-13-27-66)53(90)77-43(58(95)96)22-15-29-68)70-48(85)36(2)72-50(87)38(4)74-55(92)44-23-16-30-80(44)56(93)45-24-17-31-81(45)57(94)46-25-18-32-82(46)60(98)63(10,11)79-59(97)64(33-61(6,7)83(99)62(8,9)34-64)78-54(91)42(21-14-28-67)76-52(89)40(69)19-12-26-65/h35-46H,12-34,65-69H2,1-11H3,(H,70,85)(H,71,84)(H,72,87)(H,73,86)(H,74,92)(H,75,88)(H,76,89)(H,77,90)(H,78,91)(H,79,97)(H,95,96)/t35-,36-,37-,38-,39-,40-,41-,42-,43-,44-,45-,46-/m0/s1. The van der Waals surface area contributed by atoms with Gasteiger partial charge in [0.15, 0.2) is 0 Å². The number of nitrogens with two attached hydrogens (primary N) is 5. The van der Waals surface area contributed by atoms with Gasteiger partial charge in [0, 0.05) is 30.7 Å². The Morgan fingerprint density at radius 3 is 1.24 bits per heavy atom. The van der Waals surface area contributed by atoms with Crippen LogP contribution in [-0.4, -0.2) is 248 Å². The highest BCUT2D eigenvalue weighted by Crippen LogP contribution is 2.43. The summed E-state index contributed by atoms with van der Waals surface area (Å²) in [6.45, 7) is 17.4. The molecule has 35 heteroatoms. The molecule has 1 radical (unpaired) electrons. The van der Waals surface area contributed by atoms with Crippen LogP contribution in [0.3, 0.4) is 0 Å². The lowest BCUT2D eigenvalue weighted by molar-refractivity contribution is -0.295. The van der Waals surface area contributed by atoms with E-state index in [9.17, 15) is 72.6 Å². The van der Waals surface area contributed by atoms with Crippen molar-refractivity contribution >= 4 is 82.8 Å². The van der Waals surface area contributed by atoms with Crippen molar-refractivity contribution in [2.75, 3.05) is 45.8 Å². The Balaban J connectivity index is 1.36. The smallest absolute Gasteiger partial charge is 0.326 e. The number of amides is 13. The van der Waals surface area contributed by atoms with Crippen molar-refractivity contribution < 1.29 is 77.4 Å². The Morgan fingerprint density at radius 2 is 0.808 bits per heavy atom. The van der Waals surface area contributed by atoms with E-state index in [4.69, 9.17) is 28.7 Å². The molecule has 0 aromatic rings. The third kappa shape index (κ3) is 22.7. The van der Waals surface area contributed by atoms with Crippen LogP contribution >= 0.6 is 0 Å². The van der Waals surface area contributed by atoms with Crippen molar-refractivity contribution in [3.63, 3.8) is 0 Å². The number of rotatable bonds is 36. The molecule has 99 heavy (non-hydrogen) atoms. The molecule has 13 amide bonds. The quantitative estimate of drug-likeness (QED) is 0.0279. The van der Waals surface area contributed by atoms with Gasteiger partial charge < -0.3 is 102 Å². The molecule has 0 bridgehead atoms. The molecule has 4 rings (SSSR count). The molecule has 21 N–H and O–H groups in total. The number of likely N-dealkylation sites (tertiary alicyclic amines) is 3. The highest BCUT2D eigenvalue weighted by molar-refractivity contribution is 6.02. The number of nitrogens with zero attached hydrogens (tertiary/aromatic N) is 4. The summed E-state index contributed by atoms with van der Waals surface area (Å²) < 4.78 is 0. The monoisotopic (exact) mass is 1400 g/mol. The van der Waals surface area contributed by atoms with Crippen molar-refractivity contribution in [2.24, 2.45) is 28.7 Å². The number of nitrogens with one attached hydrogen (secondary N) is 10. The first-order valence-corrected chi connectivity index (χ1v) is 34.5. The molecule has 0 unspecified atom stereocenters. The van der Waals surface area contributed by atoms with Crippen LogP contribution in [0.2, 0.25) is 0 Å². The molecular weight excluding hydrogens is 1290 g/mol. The first-order chi connectivity index (χ1) is 46.2. The van der Waals surface area contributed by atoms with Crippen LogP contribution in [-0.2, 0) is 72.3 Å². The van der Waals surface area contributed by atoms with Crippen molar-refractivity contribution in [3.05, 3.63) is 0 Å². The van der Waals surface area contributed by atoms with E-state index in [1.807, 2.05) is 0 Å². The van der Waals surface area contributed by atoms with Gasteiger partial charge in [-0.1, -0.05) is 0 Å². The normalized spacial score (nSPS) is 21.5. The van der Waals surface area contributed by atoms with Crippen molar-refractivity contribution in [2.45, 2.75) is 274 Å². The summed E-state index contributed by atoms with van der Waals surface area (Å²) in [5.41, 5.74) is 22.7. The second-order valence-electron chi connectivity index (χ2n) is 28.5. The average molecular weight is 1400 g/mol. The molecule has 4 saturated heterocycles. The first kappa shape index (κ1) is 83.7. The summed E-state index contributed by atoms with van der Waals surface area (Å²) in [7, 11) is 0. The van der Waals surface area contributed by atoms with Crippen molar-refractivity contribution in [1.29, 1.82) is 0 Å². The van der Waals surface area contributed by atoms with Gasteiger partial charge in [-0.3, -0.25) is 62.3 Å². The Labute approximate surface area is 579 Å². The topological polar surface area (TPSA) is 542 Å². The molecule has 4 fully saturated rings. The zero-order valence-corrected chi connectivity index (χ0v) is 59.4. The molecule has 0 saturated carbocycles. The van der Waals surface area contributed by atoms with Crippen molar-refractivity contribution in [3.8, 4) is 0 Å². The molecule has 0 spiro atoms. The summed E-state index contributed by atoms with van der Waals surface area (Å²) in [4.78, 5) is 196. The van der Waals surface area contributed by atoms with E-state index in [1.165, 1.54) is 63.2 Å². The fraction of sp³-hybridized carbons (Fsp3) is 0.781. The lowest BCUT2D eigenvalue weighted by Crippen LogP contribution is -2.75. The number of carbonyl (C=O) groups excluding carboxylic acids is 13. The summed E-state index contributed by atoms with van der Waals surface area (Å²) in [5.74, 6) is -10.5. The molecular formula is C64H112N19O16. The Morgan fingerprint density at radius 1 is 0.465 bits per heavy atom. The van der Waals surface area contributed by atoms with Crippen LogP contribution in [0.1, 0.15) is 179 Å². The predicted octanol–water partition coefficient (Wildman–Crippen LogP) is -4.95. The number of hydroxylamine groups is 2. The number of hydrogen-bond acceptors (Lipinski definition) is 20. The third-order valence-electron chi connectivity index (χ3n) is 18.6. The summed E-state index contributed by atoms with van der Waals surface area (Å²) in [5, 5.41) is 50.0. The minimum atomic E-state index is -1.82. The van der Waals surface area contributed by atoms with Crippen molar-refractivity contribution in [1.82, 2.24) is 72.9 Å². The van der Waals surface area contributed by atoms with Gasteiger partial charge in [-0.15, -0.1) is 10.3 Å². The van der Waals surface area contributed by atoms with Crippen LogP contribution in [0.5, 0.6) is 0 Å². The minimum Gasteiger partial charge on any atom is -0.480 e. The molecule has 0 aromatic heterocycles. The van der Waals surface area contributed by atoms with E-state index in [0.717, 1.165) is 5.06 Å². The molecule has 0 aliphatic carbocycles. The van der Waals surface area contributed by atoms with Gasteiger partial charge >= 0.3 is 5.97 Å². The Kier molecular flexibility index (Phi) is 31.4. The summed E-state index contributed by atoms with van der Waals surface area (Å²) in [6.07, 6.45) is 3.40. The molecule has 4 aliphatic heterocycles. The molecule has 35 nitrogen and oxygen atoms in total. The van der Waals surface area contributed by atoms with Gasteiger partial charge in [0.2, 0.25) is 76.8 Å². The van der Waals surface area contributed by atoms with E-state index in [2.05, 4.69) is 53.2 Å². The van der Waals surface area contributed by atoms with E-state index in [1.54, 1.807) is 27.7 Å². The fourth-order valence-corrected chi connectivity index (χ4v) is 13.3. The van der Waals surface area contributed by atoms with Gasteiger partial charge in [0.25, 0.3) is 0 Å². The van der Waals surface area contributed by atoms with Gasteiger partial charge in [-0.05, 0) is 205 Å². The third-order valence-corrected chi connectivity index (χ3v) is 18.6. The first-order valence-electron chi connectivity index (χ1n) is 34.5. The molecule has 559 valence electrons. The second-order valence-corrected chi connectivity index (χ2v) is 28.5. The SMILES string of the molecule is C[C@H](NC(=O)[C@H](C)NC(=O)[C@H](C)NC(=O)[C@@H]1CCCN1C(=O)[C@@H]1CCCN1C(=O)[C@@H]1CCCN1C(=O)C(C)(C)NC(=O)C1(NC(=O)[C@H](CCCN)NC(=O)[C@@H](N)CCCN)CC(C)(C)N([O])C(C)(C)C1)C(=O)N[C@@H](C)C(=O)N[C@@H](C)C(=O)N[C@@H](CCCN)C(=O)N[C@@H](CCCN)C(=O)O. The van der Waals surface area contributed by atoms with Gasteiger partial charge in [0.1, 0.15) is 77.5 Å². The second kappa shape index (κ2) is 37.1. The average Bonchev–Trinajstić information content (AvgIpc) is 1.39. The number of carboxylic acid groups (broad SMARTS) is 1. The van der Waals surface area contributed by atoms with Crippen LogP contribution in [0.15, 0.2) is 0 Å². The van der Waals surface area contributed by atoms with E-state index >= 15 is 4.79 Å². The number of hydrogen-bond donors (Lipinski definition) is 16. The van der Waals surface area contributed by atoms with E-state index < -0.39 is 177 Å². The maximum absolute atomic E-state index is 15.1. The maximum Gasteiger partial charge on any atom is 0.326 e. The summed E-state index contributed by atoms with van der Waals surface area (Å²) in [6, 6.07) is -14.0. The number of piperidine rings is 1. The highest BCUT2D eigenvalue weighted by Gasteiger charge is 2.59. The van der Waals surface area contributed by atoms with Crippen LogP contribution in [0, 0.1) is 0 Å². The van der Waals surface area contributed by atoms with Crippen LogP contribution in [0.4, 0.5) is 0 Å². The molecule has 4 heterocycles. The maximum atomic E-state index is 15.1. The van der Waals surface area contributed by atoms with E-state index in [-0.39, 0.29) is 97.1 Å². The Hall–Kier alpha value is -7.70. The van der Waals surface area contributed by atoms with Crippen LogP contribution < -0.4 is 81.8 Å². The predicted molar refractivity (Wildman–Crippen MR) is 360 cm³/mol. The molecule has 4 aliphatic rings. The number of carbonyl (C=O) groups is 14. The number of aliphatic carboxylic acids is 1. The lowest BCUT2D eigenvalue weighted by atomic mass is 9.69. The highest BCUT2D eigenvalue weighted by atomic mass is 16.5. The fourth-order valence-electron chi connectivity index (χ4n) is 13.3. The van der Waals surface area contributed by atoms with Gasteiger partial charge in [0.05, 0.1) is 6.04 Å². The molecule has 12 atom stereocenters. The van der Waals surface area contributed by atoms with Gasteiger partial charge in [-0.2, -0.15) is 0 Å². The zero-order valence-electron chi connectivity index (χ0n) is 59.4. The zero-order chi connectivity index (χ0) is 74.7. The largest absolute Gasteiger partial charge is 0.480 e. The van der Waals surface area contributed by atoms with Crippen LogP contribution in [0.25, 0.3) is 0 Å². The lowest BCUT2D eigenvalue weighted by Gasteiger charge is -2.55. The summed E-state index contributed by atoms with van der Waals surface area (Å²) >= 11 is 0. The van der Waals surface area contributed by atoms with Gasteiger partial charge in [-0.25, -0.2) is 4.79 Å².